The Labute approximate surface area is 121 Å². The quantitative estimate of drug-likeness (QED) is 0.848. The summed E-state index contributed by atoms with van der Waals surface area (Å²) in [5, 5.41) is 9.84. The summed E-state index contributed by atoms with van der Waals surface area (Å²) < 4.78 is 0. The van der Waals surface area contributed by atoms with Crippen LogP contribution in [0.4, 0.5) is 0 Å². The molecule has 1 N–H and O–H groups in total. The molecule has 19 heavy (non-hydrogen) atoms. The van der Waals surface area contributed by atoms with Crippen molar-refractivity contribution in [1.82, 2.24) is 0 Å². The zero-order valence-electron chi connectivity index (χ0n) is 10.2. The second-order valence-electron chi connectivity index (χ2n) is 4.10. The van der Waals surface area contributed by atoms with Crippen LogP contribution in [0.25, 0.3) is 0 Å². The van der Waals surface area contributed by atoms with Gasteiger partial charge in [0.25, 0.3) is 0 Å². The number of halogens is 1. The number of phenols is 1. The number of phenolic OH excluding ortho intramolecular Hbond substituents is 1. The number of hydrogen-bond donors (Lipinski definition) is 1. The van der Waals surface area contributed by atoms with Crippen LogP contribution in [-0.2, 0) is 11.2 Å². The molecule has 0 saturated carbocycles. The molecule has 2 aromatic carbocycles. The number of ketones is 1. The first-order valence-electron chi connectivity index (χ1n) is 5.82. The van der Waals surface area contributed by atoms with Crippen LogP contribution >= 0.6 is 23.4 Å². The van der Waals surface area contributed by atoms with Crippen LogP contribution < -0.4 is 0 Å². The lowest BCUT2D eigenvalue weighted by Gasteiger charge is -2.04. The molecular weight excluding hydrogens is 280 g/mol. The minimum atomic E-state index is 0.135. The van der Waals surface area contributed by atoms with Gasteiger partial charge in [-0.1, -0.05) is 35.9 Å². The molecule has 2 nitrogen and oxygen atoms in total. The summed E-state index contributed by atoms with van der Waals surface area (Å²) in [6.45, 7) is 0. The molecule has 0 aliphatic heterocycles. The highest BCUT2D eigenvalue weighted by Gasteiger charge is 2.06. The number of carbonyl (C=O) groups is 1. The van der Waals surface area contributed by atoms with Crippen LogP contribution in [0.15, 0.2) is 53.4 Å². The smallest absolute Gasteiger partial charge is 0.147 e. The standard InChI is InChI=1S/C15H13ClO2S/c16-14-3-1-2-4-15(14)19-10-13(18)9-11-5-7-12(17)8-6-11/h1-8,17H,9-10H2. The van der Waals surface area contributed by atoms with Gasteiger partial charge in [-0.3, -0.25) is 4.79 Å². The van der Waals surface area contributed by atoms with Crippen molar-refractivity contribution >= 4 is 29.1 Å². The number of carbonyl (C=O) groups excluding carboxylic acids is 1. The molecule has 0 unspecified atom stereocenters. The largest absolute Gasteiger partial charge is 0.508 e. The van der Waals surface area contributed by atoms with Gasteiger partial charge in [-0.05, 0) is 29.8 Å². The fourth-order valence-corrected chi connectivity index (χ4v) is 2.71. The maximum absolute atomic E-state index is 11.9. The summed E-state index contributed by atoms with van der Waals surface area (Å²) in [6.07, 6.45) is 0.373. The molecule has 0 aromatic heterocycles. The fraction of sp³-hybridized carbons (Fsp3) is 0.133. The van der Waals surface area contributed by atoms with E-state index in [4.69, 9.17) is 16.7 Å². The van der Waals surface area contributed by atoms with Gasteiger partial charge in [-0.15, -0.1) is 11.8 Å². The minimum Gasteiger partial charge on any atom is -0.508 e. The summed E-state index contributed by atoms with van der Waals surface area (Å²) in [7, 11) is 0. The minimum absolute atomic E-state index is 0.135. The zero-order chi connectivity index (χ0) is 13.7. The topological polar surface area (TPSA) is 37.3 Å². The molecule has 2 aromatic rings. The van der Waals surface area contributed by atoms with E-state index in [9.17, 15) is 4.79 Å². The summed E-state index contributed by atoms with van der Waals surface area (Å²) in [4.78, 5) is 12.8. The van der Waals surface area contributed by atoms with Crippen molar-refractivity contribution in [1.29, 1.82) is 0 Å². The van der Waals surface area contributed by atoms with Crippen molar-refractivity contribution in [2.75, 3.05) is 5.75 Å². The highest BCUT2D eigenvalue weighted by atomic mass is 35.5. The summed E-state index contributed by atoms with van der Waals surface area (Å²) >= 11 is 7.47. The monoisotopic (exact) mass is 292 g/mol. The van der Waals surface area contributed by atoms with Gasteiger partial charge in [0.15, 0.2) is 0 Å². The van der Waals surface area contributed by atoms with E-state index in [0.29, 0.717) is 17.2 Å². The second-order valence-corrected chi connectivity index (χ2v) is 5.53. The highest BCUT2D eigenvalue weighted by Crippen LogP contribution is 2.26. The Balaban J connectivity index is 1.88. The third kappa shape index (κ3) is 4.30. The first-order valence-corrected chi connectivity index (χ1v) is 7.18. The Morgan fingerprint density at radius 1 is 1.11 bits per heavy atom. The number of rotatable bonds is 5. The van der Waals surface area contributed by atoms with Gasteiger partial charge < -0.3 is 5.11 Å². The van der Waals surface area contributed by atoms with Crippen molar-refractivity contribution in [3.63, 3.8) is 0 Å². The normalized spacial score (nSPS) is 10.4. The van der Waals surface area contributed by atoms with Crippen LogP contribution in [0.1, 0.15) is 5.56 Å². The van der Waals surface area contributed by atoms with Gasteiger partial charge in [0, 0.05) is 11.3 Å². The molecule has 0 radical (unpaired) electrons. The summed E-state index contributed by atoms with van der Waals surface area (Å²) in [6, 6.07) is 14.2. The molecule has 0 bridgehead atoms. The molecule has 0 heterocycles. The first kappa shape index (κ1) is 14.0. The third-order valence-electron chi connectivity index (χ3n) is 2.56. The highest BCUT2D eigenvalue weighted by molar-refractivity contribution is 8.00. The average molecular weight is 293 g/mol. The molecule has 98 valence electrons. The number of thioether (sulfide) groups is 1. The van der Waals surface area contributed by atoms with Crippen LogP contribution in [0, 0.1) is 0 Å². The average Bonchev–Trinajstić information content (AvgIpc) is 2.40. The van der Waals surface area contributed by atoms with E-state index >= 15 is 0 Å². The Morgan fingerprint density at radius 3 is 2.47 bits per heavy atom. The van der Waals surface area contributed by atoms with E-state index in [-0.39, 0.29) is 11.5 Å². The van der Waals surface area contributed by atoms with Gasteiger partial charge >= 0.3 is 0 Å². The van der Waals surface area contributed by atoms with Crippen molar-refractivity contribution in [3.8, 4) is 5.75 Å². The van der Waals surface area contributed by atoms with Gasteiger partial charge in [0.1, 0.15) is 11.5 Å². The van der Waals surface area contributed by atoms with Crippen LogP contribution in [0.3, 0.4) is 0 Å². The van der Waals surface area contributed by atoms with Gasteiger partial charge in [-0.25, -0.2) is 0 Å². The fourth-order valence-electron chi connectivity index (χ4n) is 1.61. The molecule has 4 heteroatoms. The van der Waals surface area contributed by atoms with Crippen molar-refractivity contribution in [2.24, 2.45) is 0 Å². The van der Waals surface area contributed by atoms with E-state index in [1.807, 2.05) is 24.3 Å². The van der Waals surface area contributed by atoms with Crippen LogP contribution in [0.2, 0.25) is 5.02 Å². The van der Waals surface area contributed by atoms with Gasteiger partial charge in [0.05, 0.1) is 10.8 Å². The van der Waals surface area contributed by atoms with Gasteiger partial charge in [0.2, 0.25) is 0 Å². The predicted octanol–water partition coefficient (Wildman–Crippen LogP) is 3.95. The lowest BCUT2D eigenvalue weighted by molar-refractivity contribution is -0.116. The van der Waals surface area contributed by atoms with E-state index in [0.717, 1.165) is 10.5 Å². The number of benzene rings is 2. The molecular formula is C15H13ClO2S. The Morgan fingerprint density at radius 2 is 1.79 bits per heavy atom. The number of Topliss-reactive ketones (excluding diaryl/α,β-unsaturated/α-hetero) is 1. The lowest BCUT2D eigenvalue weighted by atomic mass is 10.1. The van der Waals surface area contributed by atoms with E-state index in [2.05, 4.69) is 0 Å². The lowest BCUT2D eigenvalue weighted by Crippen LogP contribution is -2.05. The molecule has 0 aliphatic rings. The maximum Gasteiger partial charge on any atom is 0.147 e. The molecule has 0 amide bonds. The van der Waals surface area contributed by atoms with Crippen molar-refractivity contribution in [3.05, 3.63) is 59.1 Å². The molecule has 0 fully saturated rings. The molecule has 0 atom stereocenters. The Kier molecular flexibility index (Phi) is 4.88. The van der Waals surface area contributed by atoms with Crippen LogP contribution in [0.5, 0.6) is 5.75 Å². The number of hydrogen-bond acceptors (Lipinski definition) is 3. The molecule has 0 spiro atoms. The Hall–Kier alpha value is -1.45. The number of aromatic hydroxyl groups is 1. The van der Waals surface area contributed by atoms with E-state index < -0.39 is 0 Å². The zero-order valence-corrected chi connectivity index (χ0v) is 11.7. The SMILES string of the molecule is O=C(CSc1ccccc1Cl)Cc1ccc(O)cc1. The maximum atomic E-state index is 11.9. The van der Waals surface area contributed by atoms with Crippen molar-refractivity contribution < 1.29 is 9.90 Å². The van der Waals surface area contributed by atoms with E-state index in [1.165, 1.54) is 11.8 Å². The van der Waals surface area contributed by atoms with E-state index in [1.54, 1.807) is 24.3 Å². The van der Waals surface area contributed by atoms with Crippen LogP contribution in [-0.4, -0.2) is 16.6 Å². The molecule has 2 rings (SSSR count). The Bertz CT molecular complexity index is 567. The predicted molar refractivity (Wildman–Crippen MR) is 79.0 cm³/mol. The third-order valence-corrected chi connectivity index (χ3v) is 4.14. The molecule has 0 aliphatic carbocycles. The van der Waals surface area contributed by atoms with Gasteiger partial charge in [-0.2, -0.15) is 0 Å². The van der Waals surface area contributed by atoms with Crippen molar-refractivity contribution in [2.45, 2.75) is 11.3 Å². The molecule has 0 saturated heterocycles. The summed E-state index contributed by atoms with van der Waals surface area (Å²) in [5.74, 6) is 0.738. The first-order chi connectivity index (χ1) is 9.15. The second kappa shape index (κ2) is 6.64. The summed E-state index contributed by atoms with van der Waals surface area (Å²) in [5.41, 5.74) is 0.905.